The molecule has 0 N–H and O–H groups in total. The van der Waals surface area contributed by atoms with Crippen LogP contribution in [-0.4, -0.2) is 12.1 Å². The van der Waals surface area contributed by atoms with Crippen LogP contribution < -0.4 is 0 Å². The fourth-order valence-corrected chi connectivity index (χ4v) is 3.87. The fraction of sp³-hybridized carbons (Fsp3) is 0.481. The molecule has 2 nitrogen and oxygen atoms in total. The molecule has 156 valence electrons. The molecule has 0 radical (unpaired) electrons. The van der Waals surface area contributed by atoms with Crippen molar-refractivity contribution in [3.8, 4) is 0 Å². The lowest BCUT2D eigenvalue weighted by Gasteiger charge is -2.31. The maximum Gasteiger partial charge on any atom is 0.146 e. The zero-order valence-electron chi connectivity index (χ0n) is 19.1. The molecule has 0 aliphatic carbocycles. The number of ketones is 1. The van der Waals surface area contributed by atoms with Crippen molar-refractivity contribution in [1.82, 2.24) is 0 Å². The van der Waals surface area contributed by atoms with E-state index in [0.29, 0.717) is 6.42 Å². The van der Waals surface area contributed by atoms with E-state index in [2.05, 4.69) is 64.1 Å². The van der Waals surface area contributed by atoms with Crippen molar-refractivity contribution < 1.29 is 9.59 Å². The maximum absolute atomic E-state index is 13.6. The number of carbonyl (C=O) groups is 2. The molecule has 0 aromatic heterocycles. The van der Waals surface area contributed by atoms with Gasteiger partial charge in [0.15, 0.2) is 0 Å². The van der Waals surface area contributed by atoms with E-state index < -0.39 is 11.3 Å². The van der Waals surface area contributed by atoms with Gasteiger partial charge < -0.3 is 4.79 Å². The van der Waals surface area contributed by atoms with Gasteiger partial charge in [-0.25, -0.2) is 0 Å². The highest BCUT2D eigenvalue weighted by molar-refractivity contribution is 5.93. The lowest BCUT2D eigenvalue weighted by molar-refractivity contribution is -0.131. The van der Waals surface area contributed by atoms with Gasteiger partial charge in [-0.1, -0.05) is 97.0 Å². The number of aldehydes is 1. The average Bonchev–Trinajstić information content (AvgIpc) is 2.68. The average molecular weight is 393 g/mol. The lowest BCUT2D eigenvalue weighted by atomic mass is 9.71. The number of aryl methyl sites for hydroxylation is 1. The summed E-state index contributed by atoms with van der Waals surface area (Å²) in [6.45, 7) is 14.5. The summed E-state index contributed by atoms with van der Waals surface area (Å²) in [6.07, 6.45) is 2.58. The molecule has 0 spiro atoms. The van der Waals surface area contributed by atoms with Crippen LogP contribution >= 0.6 is 0 Å². The largest absolute Gasteiger partial charge is 0.303 e. The van der Waals surface area contributed by atoms with Gasteiger partial charge in [0.1, 0.15) is 12.1 Å². The minimum absolute atomic E-state index is 0.0538. The van der Waals surface area contributed by atoms with Crippen LogP contribution in [0.4, 0.5) is 0 Å². The van der Waals surface area contributed by atoms with Gasteiger partial charge in [-0.3, -0.25) is 4.79 Å². The van der Waals surface area contributed by atoms with Gasteiger partial charge in [-0.2, -0.15) is 0 Å². The van der Waals surface area contributed by atoms with Gasteiger partial charge in [-0.15, -0.1) is 0 Å². The highest BCUT2D eigenvalue weighted by Gasteiger charge is 2.37. The smallest absolute Gasteiger partial charge is 0.146 e. The standard InChI is InChI=1S/C27H36O2/c1-8-20-9-11-21(12-10-20)17-27(6,7)25(29)24(19(2)18-28)22-13-15-23(16-14-22)26(3,4)5/h9-16,18-19,24H,8,17H2,1-7H3. The minimum Gasteiger partial charge on any atom is -0.303 e. The van der Waals surface area contributed by atoms with Crippen molar-refractivity contribution in [2.45, 2.75) is 72.6 Å². The molecule has 0 fully saturated rings. The van der Waals surface area contributed by atoms with E-state index in [4.69, 9.17) is 0 Å². The molecule has 2 heteroatoms. The van der Waals surface area contributed by atoms with Crippen molar-refractivity contribution >= 4 is 12.1 Å². The number of hydrogen-bond donors (Lipinski definition) is 0. The van der Waals surface area contributed by atoms with Crippen LogP contribution in [0.25, 0.3) is 0 Å². The van der Waals surface area contributed by atoms with Crippen LogP contribution in [0.2, 0.25) is 0 Å². The molecule has 2 unspecified atom stereocenters. The Bertz CT molecular complexity index is 820. The number of rotatable bonds is 8. The van der Waals surface area contributed by atoms with Gasteiger partial charge in [0.2, 0.25) is 0 Å². The normalized spacial score (nSPS) is 14.3. The Balaban J connectivity index is 2.32. The molecule has 29 heavy (non-hydrogen) atoms. The number of benzene rings is 2. The highest BCUT2D eigenvalue weighted by atomic mass is 16.1. The Morgan fingerprint density at radius 2 is 1.41 bits per heavy atom. The SMILES string of the molecule is CCc1ccc(CC(C)(C)C(=O)C(c2ccc(C(C)(C)C)cc2)C(C)C=O)cc1. The maximum atomic E-state index is 13.6. The molecular weight excluding hydrogens is 356 g/mol. The third-order valence-corrected chi connectivity index (χ3v) is 5.90. The summed E-state index contributed by atoms with van der Waals surface area (Å²) in [6, 6.07) is 16.7. The first kappa shape index (κ1) is 23.1. The quantitative estimate of drug-likeness (QED) is 0.494. The molecule has 0 bridgehead atoms. The van der Waals surface area contributed by atoms with E-state index in [-0.39, 0.29) is 17.1 Å². The molecule has 0 saturated heterocycles. The molecule has 2 atom stereocenters. The van der Waals surface area contributed by atoms with Crippen LogP contribution in [0, 0.1) is 11.3 Å². The van der Waals surface area contributed by atoms with Gasteiger partial charge in [0.25, 0.3) is 0 Å². The molecule has 0 heterocycles. The second kappa shape index (κ2) is 9.07. The lowest BCUT2D eigenvalue weighted by Crippen LogP contribution is -2.35. The molecule has 2 rings (SSSR count). The Morgan fingerprint density at radius 3 is 1.86 bits per heavy atom. The molecule has 2 aromatic carbocycles. The molecule has 0 aliphatic rings. The van der Waals surface area contributed by atoms with Crippen LogP contribution in [0.5, 0.6) is 0 Å². The molecular formula is C27H36O2. The van der Waals surface area contributed by atoms with Crippen molar-refractivity contribution in [3.05, 3.63) is 70.8 Å². The molecule has 2 aromatic rings. The van der Waals surface area contributed by atoms with Crippen molar-refractivity contribution in [2.75, 3.05) is 0 Å². The van der Waals surface area contributed by atoms with E-state index in [1.165, 1.54) is 11.1 Å². The summed E-state index contributed by atoms with van der Waals surface area (Å²) in [5.74, 6) is -0.656. The van der Waals surface area contributed by atoms with Crippen LogP contribution in [0.15, 0.2) is 48.5 Å². The predicted octanol–water partition coefficient (Wildman–Crippen LogP) is 6.30. The zero-order chi connectivity index (χ0) is 21.8. The second-order valence-corrected chi connectivity index (χ2v) is 9.94. The summed E-state index contributed by atoms with van der Waals surface area (Å²) < 4.78 is 0. The minimum atomic E-state index is -0.557. The Labute approximate surface area is 176 Å². The first-order valence-electron chi connectivity index (χ1n) is 10.7. The molecule has 0 aliphatic heterocycles. The number of Topliss-reactive ketones (excluding diaryl/α,β-unsaturated/α-hetero) is 1. The van der Waals surface area contributed by atoms with E-state index in [0.717, 1.165) is 23.8 Å². The third kappa shape index (κ3) is 5.65. The summed E-state index contributed by atoms with van der Waals surface area (Å²) in [5.41, 5.74) is 4.10. The summed E-state index contributed by atoms with van der Waals surface area (Å²) in [5, 5.41) is 0. The van der Waals surface area contributed by atoms with Crippen molar-refractivity contribution in [2.24, 2.45) is 11.3 Å². The summed E-state index contributed by atoms with van der Waals surface area (Å²) in [4.78, 5) is 25.3. The summed E-state index contributed by atoms with van der Waals surface area (Å²) in [7, 11) is 0. The topological polar surface area (TPSA) is 34.1 Å². The van der Waals surface area contributed by atoms with E-state index >= 15 is 0 Å². The van der Waals surface area contributed by atoms with Gasteiger partial charge in [-0.05, 0) is 40.5 Å². The predicted molar refractivity (Wildman–Crippen MR) is 121 cm³/mol. The Morgan fingerprint density at radius 1 is 0.897 bits per heavy atom. The zero-order valence-corrected chi connectivity index (χ0v) is 19.1. The van der Waals surface area contributed by atoms with E-state index in [9.17, 15) is 9.59 Å². The molecule has 0 amide bonds. The first-order chi connectivity index (χ1) is 13.5. The monoisotopic (exact) mass is 392 g/mol. The highest BCUT2D eigenvalue weighted by Crippen LogP contribution is 2.36. The number of hydrogen-bond acceptors (Lipinski definition) is 2. The number of carbonyl (C=O) groups excluding carboxylic acids is 2. The summed E-state index contributed by atoms with van der Waals surface area (Å²) >= 11 is 0. The van der Waals surface area contributed by atoms with Crippen molar-refractivity contribution in [1.29, 1.82) is 0 Å². The van der Waals surface area contributed by atoms with Crippen LogP contribution in [0.3, 0.4) is 0 Å². The van der Waals surface area contributed by atoms with E-state index in [1.54, 1.807) is 0 Å². The second-order valence-electron chi connectivity index (χ2n) is 9.94. The van der Waals surface area contributed by atoms with Crippen LogP contribution in [0.1, 0.15) is 76.6 Å². The molecule has 0 saturated carbocycles. The van der Waals surface area contributed by atoms with Gasteiger partial charge in [0.05, 0.1) is 5.92 Å². The first-order valence-corrected chi connectivity index (χ1v) is 10.7. The van der Waals surface area contributed by atoms with Crippen molar-refractivity contribution in [3.63, 3.8) is 0 Å². The van der Waals surface area contributed by atoms with Gasteiger partial charge in [0, 0.05) is 11.3 Å². The third-order valence-electron chi connectivity index (χ3n) is 5.90. The fourth-order valence-electron chi connectivity index (χ4n) is 3.87. The van der Waals surface area contributed by atoms with Crippen LogP contribution in [-0.2, 0) is 27.8 Å². The van der Waals surface area contributed by atoms with E-state index in [1.807, 2.05) is 32.9 Å². The Kier molecular flexibility index (Phi) is 7.21. The Hall–Kier alpha value is -2.22. The van der Waals surface area contributed by atoms with Gasteiger partial charge >= 0.3 is 0 Å².